The summed E-state index contributed by atoms with van der Waals surface area (Å²) >= 11 is 0. The van der Waals surface area contributed by atoms with Gasteiger partial charge in [-0.15, -0.1) is 0 Å². The van der Waals surface area contributed by atoms with Gasteiger partial charge in [-0.2, -0.15) is 0 Å². The fraction of sp³-hybridized carbons (Fsp3) is 0.227. The molecule has 0 aliphatic heterocycles. The molecule has 154 valence electrons. The highest BCUT2D eigenvalue weighted by atomic mass is 19.1. The van der Waals surface area contributed by atoms with Crippen molar-refractivity contribution in [3.63, 3.8) is 0 Å². The molecule has 0 saturated heterocycles. The molecule has 0 radical (unpaired) electrons. The third-order valence-electron chi connectivity index (χ3n) is 4.84. The van der Waals surface area contributed by atoms with E-state index in [1.54, 1.807) is 41.8 Å². The number of hydrogen-bond donors (Lipinski definition) is 1. The van der Waals surface area contributed by atoms with E-state index in [2.05, 4.69) is 10.3 Å². The van der Waals surface area contributed by atoms with Gasteiger partial charge in [0.1, 0.15) is 5.82 Å². The van der Waals surface area contributed by atoms with Gasteiger partial charge in [0.2, 0.25) is 0 Å². The molecule has 1 N–H and O–H groups in total. The van der Waals surface area contributed by atoms with Crippen LogP contribution in [0.15, 0.2) is 51.7 Å². The topological polar surface area (TPSA) is 80.4 Å². The molecule has 7 nitrogen and oxygen atoms in total. The summed E-state index contributed by atoms with van der Waals surface area (Å²) in [6.07, 6.45) is 0. The molecule has 0 spiro atoms. The van der Waals surface area contributed by atoms with Crippen molar-refractivity contribution in [1.29, 1.82) is 0 Å². The van der Waals surface area contributed by atoms with Crippen LogP contribution >= 0.6 is 0 Å². The smallest absolute Gasteiger partial charge is 0.408 e. The number of hydrogen-bond acceptors (Lipinski definition) is 5. The van der Waals surface area contributed by atoms with Gasteiger partial charge in [-0.25, -0.2) is 9.18 Å². The fourth-order valence-electron chi connectivity index (χ4n) is 3.37. The minimum absolute atomic E-state index is 0.345. The number of amides is 1. The summed E-state index contributed by atoms with van der Waals surface area (Å²) in [6, 6.07) is 10.9. The molecule has 8 heteroatoms. The van der Waals surface area contributed by atoms with E-state index in [0.29, 0.717) is 52.0 Å². The summed E-state index contributed by atoms with van der Waals surface area (Å²) < 4.78 is 20.4. The average molecular weight is 408 g/mol. The first-order valence-corrected chi connectivity index (χ1v) is 9.48. The number of pyridine rings is 1. The molecule has 0 fully saturated rings. The Labute approximate surface area is 171 Å². The molecule has 4 rings (SSSR count). The van der Waals surface area contributed by atoms with Crippen molar-refractivity contribution in [3.05, 3.63) is 70.1 Å². The maximum Gasteiger partial charge on any atom is 0.419 e. The van der Waals surface area contributed by atoms with Crippen LogP contribution in [0.4, 0.5) is 10.1 Å². The van der Waals surface area contributed by atoms with Crippen molar-refractivity contribution < 1.29 is 13.6 Å². The second-order valence-corrected chi connectivity index (χ2v) is 7.43. The maximum absolute atomic E-state index is 13.6. The Morgan fingerprint density at radius 3 is 2.77 bits per heavy atom. The third kappa shape index (κ3) is 3.81. The largest absolute Gasteiger partial charge is 0.419 e. The summed E-state index contributed by atoms with van der Waals surface area (Å²) in [7, 11) is 3.84. The van der Waals surface area contributed by atoms with Gasteiger partial charge in [-0.3, -0.25) is 14.3 Å². The molecule has 0 atom stereocenters. The van der Waals surface area contributed by atoms with E-state index in [0.717, 1.165) is 0 Å². The molecule has 2 aromatic heterocycles. The highest BCUT2D eigenvalue weighted by Gasteiger charge is 2.15. The van der Waals surface area contributed by atoms with Crippen molar-refractivity contribution in [2.75, 3.05) is 26.0 Å². The highest BCUT2D eigenvalue weighted by Crippen LogP contribution is 2.23. The van der Waals surface area contributed by atoms with Gasteiger partial charge in [0, 0.05) is 35.9 Å². The number of halogens is 1. The number of aromatic nitrogens is 2. The standard InChI is InChI=1S/C22H21FN4O3/c1-13-10-17(16-6-4-14(23)11-18(16)24-13)21(28)25-15-5-7-20-19(12-15)27(22(29)30-20)9-8-26(2)3/h4-7,10-12H,8-9H2,1-3H3,(H,25,28). The van der Waals surface area contributed by atoms with Crippen LogP contribution in [0.2, 0.25) is 0 Å². The number of oxazole rings is 1. The molecule has 0 saturated carbocycles. The van der Waals surface area contributed by atoms with Crippen LogP contribution in [0.3, 0.4) is 0 Å². The maximum atomic E-state index is 13.6. The quantitative estimate of drug-likeness (QED) is 0.547. The van der Waals surface area contributed by atoms with Crippen LogP contribution in [0.5, 0.6) is 0 Å². The van der Waals surface area contributed by atoms with Gasteiger partial charge in [0.15, 0.2) is 5.58 Å². The first kappa shape index (κ1) is 19.8. The van der Waals surface area contributed by atoms with E-state index in [1.807, 2.05) is 19.0 Å². The zero-order valence-electron chi connectivity index (χ0n) is 16.9. The molecule has 0 unspecified atom stereocenters. The van der Waals surface area contributed by atoms with Crippen molar-refractivity contribution in [2.45, 2.75) is 13.5 Å². The first-order valence-electron chi connectivity index (χ1n) is 9.48. The second kappa shape index (κ2) is 7.72. The Bertz CT molecular complexity index is 1320. The Hall–Kier alpha value is -3.52. The summed E-state index contributed by atoms with van der Waals surface area (Å²) in [6.45, 7) is 2.89. The summed E-state index contributed by atoms with van der Waals surface area (Å²) in [5, 5.41) is 3.42. The van der Waals surface area contributed by atoms with Crippen LogP contribution < -0.4 is 11.1 Å². The molecule has 2 aromatic carbocycles. The number of nitrogens with zero attached hydrogens (tertiary/aromatic N) is 3. The van der Waals surface area contributed by atoms with Crippen molar-refractivity contribution in [1.82, 2.24) is 14.5 Å². The lowest BCUT2D eigenvalue weighted by atomic mass is 10.1. The van der Waals surface area contributed by atoms with E-state index in [1.165, 1.54) is 12.1 Å². The number of rotatable bonds is 5. The second-order valence-electron chi connectivity index (χ2n) is 7.43. The summed E-state index contributed by atoms with van der Waals surface area (Å²) in [5.74, 6) is -1.19. The van der Waals surface area contributed by atoms with E-state index >= 15 is 0 Å². The van der Waals surface area contributed by atoms with Gasteiger partial charge < -0.3 is 14.6 Å². The lowest BCUT2D eigenvalue weighted by Crippen LogP contribution is -2.23. The normalized spacial score (nSPS) is 11.5. The SMILES string of the molecule is Cc1cc(C(=O)Nc2ccc3oc(=O)n(CCN(C)C)c3c2)c2ccc(F)cc2n1. The number of likely N-dealkylation sites (N-methyl/N-ethyl adjacent to an activating group) is 1. The fourth-order valence-corrected chi connectivity index (χ4v) is 3.37. The molecule has 30 heavy (non-hydrogen) atoms. The van der Waals surface area contributed by atoms with E-state index < -0.39 is 11.6 Å². The number of nitrogens with one attached hydrogen (secondary N) is 1. The number of carbonyl (C=O) groups excluding carboxylic acids is 1. The van der Waals surface area contributed by atoms with E-state index in [9.17, 15) is 14.0 Å². The Morgan fingerprint density at radius 1 is 1.20 bits per heavy atom. The predicted octanol–water partition coefficient (Wildman–Crippen LogP) is 3.40. The van der Waals surface area contributed by atoms with Gasteiger partial charge in [-0.1, -0.05) is 0 Å². The number of aryl methyl sites for hydroxylation is 1. The van der Waals surface area contributed by atoms with Crippen molar-refractivity contribution >= 4 is 33.6 Å². The molecule has 0 aliphatic rings. The summed E-state index contributed by atoms with van der Waals surface area (Å²) in [5.41, 5.74) is 3.02. The Morgan fingerprint density at radius 2 is 2.00 bits per heavy atom. The molecular formula is C22H21FN4O3. The van der Waals surface area contributed by atoms with Gasteiger partial charge in [0.05, 0.1) is 16.6 Å². The van der Waals surface area contributed by atoms with Crippen LogP contribution in [0.25, 0.3) is 22.0 Å². The van der Waals surface area contributed by atoms with E-state index in [4.69, 9.17) is 4.42 Å². The zero-order chi connectivity index (χ0) is 21.4. The average Bonchev–Trinajstić information content (AvgIpc) is 2.99. The molecule has 0 aliphatic carbocycles. The minimum Gasteiger partial charge on any atom is -0.408 e. The van der Waals surface area contributed by atoms with Crippen LogP contribution in [-0.2, 0) is 6.54 Å². The van der Waals surface area contributed by atoms with E-state index in [-0.39, 0.29) is 5.91 Å². The number of carbonyl (C=O) groups is 1. The lowest BCUT2D eigenvalue weighted by molar-refractivity contribution is 0.102. The van der Waals surface area contributed by atoms with Crippen LogP contribution in [-0.4, -0.2) is 41.0 Å². The lowest BCUT2D eigenvalue weighted by Gasteiger charge is -2.11. The molecule has 1 amide bonds. The Balaban J connectivity index is 1.69. The van der Waals surface area contributed by atoms with Crippen molar-refractivity contribution in [2.24, 2.45) is 0 Å². The summed E-state index contributed by atoms with van der Waals surface area (Å²) in [4.78, 5) is 31.4. The van der Waals surface area contributed by atoms with Gasteiger partial charge in [0.25, 0.3) is 5.91 Å². The molecule has 4 aromatic rings. The molecular weight excluding hydrogens is 387 g/mol. The highest BCUT2D eigenvalue weighted by molar-refractivity contribution is 6.12. The minimum atomic E-state index is -0.437. The van der Waals surface area contributed by atoms with Gasteiger partial charge >= 0.3 is 5.76 Å². The number of benzene rings is 2. The predicted molar refractivity (Wildman–Crippen MR) is 113 cm³/mol. The monoisotopic (exact) mass is 408 g/mol. The van der Waals surface area contributed by atoms with Crippen LogP contribution in [0, 0.1) is 12.7 Å². The van der Waals surface area contributed by atoms with Crippen LogP contribution in [0.1, 0.15) is 16.1 Å². The van der Waals surface area contributed by atoms with Gasteiger partial charge in [-0.05, 0) is 57.4 Å². The zero-order valence-corrected chi connectivity index (χ0v) is 16.9. The van der Waals surface area contributed by atoms with Crippen molar-refractivity contribution in [3.8, 4) is 0 Å². The molecule has 0 bridgehead atoms. The number of anilines is 1. The molecule has 2 heterocycles. The number of fused-ring (bicyclic) bond motifs is 2. The Kier molecular flexibility index (Phi) is 5.09. The third-order valence-corrected chi connectivity index (χ3v) is 4.84. The first-order chi connectivity index (χ1) is 14.3.